The van der Waals surface area contributed by atoms with Gasteiger partial charge in [-0.2, -0.15) is 0 Å². The summed E-state index contributed by atoms with van der Waals surface area (Å²) in [6.07, 6.45) is 3.97. The van der Waals surface area contributed by atoms with Gasteiger partial charge in [0.15, 0.2) is 11.5 Å². The molecule has 3 heterocycles. The number of carbonyl (C=O) groups excluding carboxylic acids is 1. The quantitative estimate of drug-likeness (QED) is 0.338. The van der Waals surface area contributed by atoms with Gasteiger partial charge in [-0.1, -0.05) is 49.1 Å². The molecule has 9 nitrogen and oxygen atoms in total. The van der Waals surface area contributed by atoms with E-state index < -0.39 is 5.91 Å². The summed E-state index contributed by atoms with van der Waals surface area (Å²) in [7, 11) is 0. The van der Waals surface area contributed by atoms with E-state index in [0.717, 1.165) is 28.8 Å². The second-order valence-corrected chi connectivity index (χ2v) is 7.75. The molecule has 0 saturated carbocycles. The highest BCUT2D eigenvalue weighted by Crippen LogP contribution is 2.19. The smallest absolute Gasteiger partial charge is 0.264 e. The number of rotatable bonds is 3. The second kappa shape index (κ2) is 10.5. The van der Waals surface area contributed by atoms with Crippen molar-refractivity contribution in [3.8, 4) is 17.5 Å². The number of pyridine rings is 1. The maximum atomic E-state index is 13.2. The lowest BCUT2D eigenvalue weighted by Crippen LogP contribution is -2.22. The van der Waals surface area contributed by atoms with Gasteiger partial charge in [-0.05, 0) is 42.1 Å². The van der Waals surface area contributed by atoms with Gasteiger partial charge in [0.25, 0.3) is 11.5 Å². The van der Waals surface area contributed by atoms with Crippen LogP contribution in [-0.4, -0.2) is 31.6 Å². The summed E-state index contributed by atoms with van der Waals surface area (Å²) >= 11 is 0. The summed E-state index contributed by atoms with van der Waals surface area (Å²) in [5.74, 6) is 5.34. The summed E-state index contributed by atoms with van der Waals surface area (Å²) in [5, 5.41) is 5.43. The molecule has 0 radical (unpaired) electrons. The average Bonchev–Trinajstić information content (AvgIpc) is 3.24. The molecule has 3 aromatic heterocycles. The molecule has 0 atom stereocenters. The lowest BCUT2D eigenvalue weighted by molar-refractivity contribution is 0.100. The van der Waals surface area contributed by atoms with Crippen molar-refractivity contribution in [3.63, 3.8) is 0 Å². The fourth-order valence-corrected chi connectivity index (χ4v) is 3.93. The Labute approximate surface area is 207 Å². The first kappa shape index (κ1) is 24.2. The minimum atomic E-state index is -0.619. The van der Waals surface area contributed by atoms with Crippen molar-refractivity contribution in [2.75, 3.05) is 12.3 Å². The number of primary amides is 1. The van der Waals surface area contributed by atoms with E-state index in [1.54, 1.807) is 23.0 Å². The van der Waals surface area contributed by atoms with Crippen molar-refractivity contribution in [2.24, 2.45) is 11.5 Å². The van der Waals surface area contributed by atoms with E-state index in [9.17, 15) is 9.59 Å². The first-order chi connectivity index (χ1) is 17.5. The SMILES string of the molecule is CCc1cc2cccc(C#CCN)c2c(=O)n1-c1ccccc1.NC(=O)c1c(N)nn2cccnc12. The van der Waals surface area contributed by atoms with E-state index in [0.29, 0.717) is 11.0 Å². The normalized spacial score (nSPS) is 10.4. The molecule has 0 aliphatic heterocycles. The molecule has 0 bridgehead atoms. The summed E-state index contributed by atoms with van der Waals surface area (Å²) in [4.78, 5) is 28.0. The van der Waals surface area contributed by atoms with Crippen molar-refractivity contribution in [1.82, 2.24) is 19.2 Å². The third kappa shape index (κ3) is 4.66. The Balaban J connectivity index is 0.000000197. The van der Waals surface area contributed by atoms with Crippen LogP contribution in [0.1, 0.15) is 28.5 Å². The number of amides is 1. The number of fused-ring (bicyclic) bond motifs is 2. The zero-order chi connectivity index (χ0) is 25.7. The van der Waals surface area contributed by atoms with Gasteiger partial charge in [0.05, 0.1) is 11.9 Å². The van der Waals surface area contributed by atoms with Crippen LogP contribution < -0.4 is 22.8 Å². The van der Waals surface area contributed by atoms with Gasteiger partial charge in [0.1, 0.15) is 5.56 Å². The highest BCUT2D eigenvalue weighted by atomic mass is 16.1. The largest absolute Gasteiger partial charge is 0.381 e. The minimum Gasteiger partial charge on any atom is -0.381 e. The standard InChI is InChI=1S/C20H18N2O.C7H7N5O/c1-2-17-14-16-9-6-8-15(10-7-13-21)19(16)20(23)22(17)18-11-4-3-5-12-18;8-5-4(6(9)13)7-10-2-1-3-12(7)11-5/h3-6,8-9,11-12,14H,2,13,21H2,1H3;1-3H,(H2,8,11)(H2,9,13). The maximum Gasteiger partial charge on any atom is 0.264 e. The number of aromatic nitrogens is 4. The van der Waals surface area contributed by atoms with Crippen LogP contribution in [0, 0.1) is 11.8 Å². The van der Waals surface area contributed by atoms with E-state index in [2.05, 4.69) is 34.9 Å². The Hall–Kier alpha value is -4.94. The van der Waals surface area contributed by atoms with E-state index in [1.807, 2.05) is 48.5 Å². The van der Waals surface area contributed by atoms with Gasteiger partial charge in [-0.25, -0.2) is 9.50 Å². The van der Waals surface area contributed by atoms with Crippen LogP contribution in [0.15, 0.2) is 77.9 Å². The van der Waals surface area contributed by atoms with Gasteiger partial charge in [0.2, 0.25) is 0 Å². The van der Waals surface area contributed by atoms with E-state index in [4.69, 9.17) is 17.2 Å². The number of hydrogen-bond donors (Lipinski definition) is 3. The number of benzene rings is 2. The molecule has 0 fully saturated rings. The molecule has 6 N–H and O–H groups in total. The van der Waals surface area contributed by atoms with E-state index in [-0.39, 0.29) is 23.5 Å². The molecule has 0 aliphatic rings. The summed E-state index contributed by atoms with van der Waals surface area (Å²) in [5.41, 5.74) is 19.2. The molecule has 5 aromatic rings. The number of nitrogen functional groups attached to an aromatic ring is 1. The molecule has 180 valence electrons. The monoisotopic (exact) mass is 479 g/mol. The van der Waals surface area contributed by atoms with Crippen LogP contribution in [0.3, 0.4) is 0 Å². The Morgan fingerprint density at radius 1 is 1.08 bits per heavy atom. The lowest BCUT2D eigenvalue weighted by atomic mass is 10.0. The molecule has 9 heteroatoms. The predicted octanol–water partition coefficient (Wildman–Crippen LogP) is 2.27. The highest BCUT2D eigenvalue weighted by Gasteiger charge is 2.15. The van der Waals surface area contributed by atoms with Gasteiger partial charge in [0, 0.05) is 29.3 Å². The molecule has 0 aliphatic carbocycles. The van der Waals surface area contributed by atoms with Gasteiger partial charge in [-0.15, -0.1) is 5.10 Å². The third-order valence-electron chi connectivity index (χ3n) is 5.49. The Bertz CT molecular complexity index is 1680. The van der Waals surface area contributed by atoms with Crippen LogP contribution in [0.2, 0.25) is 0 Å². The summed E-state index contributed by atoms with van der Waals surface area (Å²) in [6, 6.07) is 19.2. The van der Waals surface area contributed by atoms with Gasteiger partial charge < -0.3 is 17.2 Å². The number of nitrogens with zero attached hydrogens (tertiary/aromatic N) is 4. The molecule has 0 unspecified atom stereocenters. The van der Waals surface area contributed by atoms with E-state index >= 15 is 0 Å². The molecule has 0 saturated heterocycles. The summed E-state index contributed by atoms with van der Waals surface area (Å²) < 4.78 is 3.19. The first-order valence-electron chi connectivity index (χ1n) is 11.3. The van der Waals surface area contributed by atoms with Crippen LogP contribution in [0.5, 0.6) is 0 Å². The Kier molecular flexibility index (Phi) is 7.09. The molecular weight excluding hydrogens is 454 g/mol. The number of hydrogen-bond acceptors (Lipinski definition) is 6. The zero-order valence-corrected chi connectivity index (χ0v) is 19.7. The molecule has 1 amide bonds. The first-order valence-corrected chi connectivity index (χ1v) is 11.3. The van der Waals surface area contributed by atoms with Crippen LogP contribution >= 0.6 is 0 Å². The summed E-state index contributed by atoms with van der Waals surface area (Å²) in [6.45, 7) is 2.33. The van der Waals surface area contributed by atoms with Crippen molar-refractivity contribution >= 4 is 28.1 Å². The number of para-hydroxylation sites is 1. The number of nitrogens with two attached hydrogens (primary N) is 3. The Morgan fingerprint density at radius 2 is 1.86 bits per heavy atom. The van der Waals surface area contributed by atoms with Gasteiger partial charge in [-0.3, -0.25) is 14.2 Å². The third-order valence-corrected chi connectivity index (χ3v) is 5.49. The van der Waals surface area contributed by atoms with E-state index in [1.165, 1.54) is 4.52 Å². The van der Waals surface area contributed by atoms with Crippen molar-refractivity contribution in [3.05, 3.63) is 100 Å². The maximum absolute atomic E-state index is 13.2. The van der Waals surface area contributed by atoms with Gasteiger partial charge >= 0.3 is 0 Å². The molecule has 36 heavy (non-hydrogen) atoms. The van der Waals surface area contributed by atoms with Crippen LogP contribution in [-0.2, 0) is 6.42 Å². The molecule has 2 aromatic carbocycles. The topological polar surface area (TPSA) is 147 Å². The fraction of sp³-hybridized carbons (Fsp3) is 0.111. The van der Waals surface area contributed by atoms with Crippen molar-refractivity contribution < 1.29 is 4.79 Å². The average molecular weight is 480 g/mol. The second-order valence-electron chi connectivity index (χ2n) is 7.75. The molecule has 0 spiro atoms. The number of anilines is 1. The molecule has 5 rings (SSSR count). The number of carbonyl (C=O) groups is 1. The molecular formula is C27H25N7O2. The fourth-order valence-electron chi connectivity index (χ4n) is 3.93. The zero-order valence-electron chi connectivity index (χ0n) is 19.7. The predicted molar refractivity (Wildman–Crippen MR) is 141 cm³/mol. The Morgan fingerprint density at radius 3 is 2.56 bits per heavy atom. The van der Waals surface area contributed by atoms with Crippen molar-refractivity contribution in [2.45, 2.75) is 13.3 Å². The van der Waals surface area contributed by atoms with Crippen LogP contribution in [0.25, 0.3) is 22.1 Å². The minimum absolute atomic E-state index is 0.0347. The lowest BCUT2D eigenvalue weighted by Gasteiger charge is -2.14. The number of aryl methyl sites for hydroxylation is 1. The van der Waals surface area contributed by atoms with Crippen molar-refractivity contribution in [1.29, 1.82) is 0 Å². The highest BCUT2D eigenvalue weighted by molar-refractivity contribution is 6.03. The van der Waals surface area contributed by atoms with Crippen LogP contribution in [0.4, 0.5) is 5.82 Å².